The summed E-state index contributed by atoms with van der Waals surface area (Å²) in [5.74, 6) is -0.125. The van der Waals surface area contributed by atoms with Crippen LogP contribution in [-0.4, -0.2) is 37.8 Å². The quantitative estimate of drug-likeness (QED) is 0.765. The number of nitriles is 1. The van der Waals surface area contributed by atoms with E-state index in [1.165, 1.54) is 35.1 Å². The van der Waals surface area contributed by atoms with Gasteiger partial charge in [-0.05, 0) is 0 Å². The summed E-state index contributed by atoms with van der Waals surface area (Å²) in [4.78, 5) is 24.1. The van der Waals surface area contributed by atoms with Gasteiger partial charge in [-0.3, -0.25) is 0 Å². The molecule has 5 rings (SSSR count). The monoisotopic (exact) mass is 460 g/mol. The van der Waals surface area contributed by atoms with Crippen LogP contribution in [0.25, 0.3) is 6.08 Å². The second kappa shape index (κ2) is 6.04. The maximum absolute atomic E-state index is 12.3. The van der Waals surface area contributed by atoms with Crippen LogP contribution in [-0.2, 0) is 11.2 Å². The van der Waals surface area contributed by atoms with Crippen molar-refractivity contribution >= 4 is 53.7 Å². The summed E-state index contributed by atoms with van der Waals surface area (Å²) in [6.07, 6.45) is 3.21. The molecule has 0 spiro atoms. The Labute approximate surface area is 162 Å². The first-order valence-corrected chi connectivity index (χ1v) is 14.6. The zero-order chi connectivity index (χ0) is 17.8. The molecule has 2 aromatic carbocycles. The number of imide groups is 1. The van der Waals surface area contributed by atoms with Gasteiger partial charge < -0.3 is 0 Å². The van der Waals surface area contributed by atoms with Crippen molar-refractivity contribution in [3.05, 3.63) is 68.0 Å². The van der Waals surface area contributed by atoms with E-state index in [9.17, 15) is 9.59 Å². The van der Waals surface area contributed by atoms with Gasteiger partial charge in [0.2, 0.25) is 0 Å². The number of thioether (sulfide) groups is 1. The van der Waals surface area contributed by atoms with Gasteiger partial charge >= 0.3 is 163 Å². The molecule has 2 atom stereocenters. The van der Waals surface area contributed by atoms with Crippen molar-refractivity contribution in [2.24, 2.45) is 0 Å². The average molecular weight is 460 g/mol. The van der Waals surface area contributed by atoms with Gasteiger partial charge in [0.25, 0.3) is 0 Å². The van der Waals surface area contributed by atoms with Crippen LogP contribution in [0.5, 0.6) is 0 Å². The van der Waals surface area contributed by atoms with Gasteiger partial charge in [-0.2, -0.15) is 0 Å². The Hall–Kier alpha value is -1.97. The Morgan fingerprint density at radius 3 is 2.62 bits per heavy atom. The molecule has 0 radical (unpaired) electrons. The molecule has 26 heavy (non-hydrogen) atoms. The molecule has 2 aromatic rings. The van der Waals surface area contributed by atoms with E-state index in [-0.39, 0.29) is 20.1 Å². The van der Waals surface area contributed by atoms with Crippen molar-refractivity contribution in [2.45, 2.75) is 15.3 Å². The third kappa shape index (κ3) is 2.38. The number of hydrogen-bond donors (Lipinski definition) is 1. The first kappa shape index (κ1) is 16.2. The molecule has 3 aliphatic rings. The van der Waals surface area contributed by atoms with Crippen LogP contribution in [0.15, 0.2) is 45.8 Å². The molecule has 1 saturated heterocycles. The van der Waals surface area contributed by atoms with Gasteiger partial charge in [-0.15, -0.1) is 0 Å². The molecule has 4 nitrogen and oxygen atoms in total. The second-order valence-corrected chi connectivity index (χ2v) is 16.7. The van der Waals surface area contributed by atoms with E-state index in [4.69, 9.17) is 5.26 Å². The Morgan fingerprint density at radius 2 is 1.96 bits per heavy atom. The normalized spacial score (nSPS) is 22.4. The molecule has 6 heteroatoms. The van der Waals surface area contributed by atoms with Gasteiger partial charge in [0, 0.05) is 0 Å². The molecule has 0 aliphatic carbocycles. The minimum atomic E-state index is -2.42. The summed E-state index contributed by atoms with van der Waals surface area (Å²) in [5, 5.41) is 10.9. The second-order valence-electron chi connectivity index (χ2n) is 6.87. The van der Waals surface area contributed by atoms with Crippen molar-refractivity contribution in [2.75, 3.05) is 0 Å². The number of benzene rings is 2. The van der Waals surface area contributed by atoms with Crippen molar-refractivity contribution in [1.82, 2.24) is 5.32 Å². The topological polar surface area (TPSA) is 70.0 Å². The third-order valence-electron chi connectivity index (χ3n) is 5.49. The van der Waals surface area contributed by atoms with Crippen LogP contribution in [0.4, 0.5) is 4.79 Å². The van der Waals surface area contributed by atoms with Crippen molar-refractivity contribution in [3.63, 3.8) is 0 Å². The summed E-state index contributed by atoms with van der Waals surface area (Å²) in [6, 6.07) is 16.3. The van der Waals surface area contributed by atoms with E-state index >= 15 is 0 Å². The van der Waals surface area contributed by atoms with Gasteiger partial charge in [0.15, 0.2) is 0 Å². The summed E-state index contributed by atoms with van der Waals surface area (Å²) in [6.45, 7) is 0. The van der Waals surface area contributed by atoms with Crippen molar-refractivity contribution < 1.29 is 9.59 Å². The Kier molecular flexibility index (Phi) is 3.77. The van der Waals surface area contributed by atoms with Crippen LogP contribution in [0.2, 0.25) is 0 Å². The van der Waals surface area contributed by atoms with Crippen LogP contribution >= 0.6 is 11.8 Å². The van der Waals surface area contributed by atoms with Gasteiger partial charge in [0.1, 0.15) is 0 Å². The Bertz CT molecular complexity index is 1040. The molecule has 0 saturated carbocycles. The van der Waals surface area contributed by atoms with Crippen molar-refractivity contribution in [1.29, 1.82) is 5.26 Å². The molecule has 2 amide bonds. The van der Waals surface area contributed by atoms with E-state index in [0.29, 0.717) is 5.56 Å². The van der Waals surface area contributed by atoms with Gasteiger partial charge in [-0.25, -0.2) is 0 Å². The molecule has 124 valence electrons. The van der Waals surface area contributed by atoms with E-state index in [1.54, 1.807) is 0 Å². The number of carbonyl (C=O) groups excluding carboxylic acids is 2. The van der Waals surface area contributed by atoms with Crippen molar-refractivity contribution in [3.8, 4) is 6.07 Å². The predicted octanol–water partition coefficient (Wildman–Crippen LogP) is 2.43. The summed E-state index contributed by atoms with van der Waals surface area (Å²) in [5.41, 5.74) is 4.46. The molecule has 1 N–H and O–H groups in total. The number of nitrogens with one attached hydrogen (secondary N) is 1. The van der Waals surface area contributed by atoms with Crippen LogP contribution in [0, 0.1) is 11.3 Å². The fourth-order valence-electron chi connectivity index (χ4n) is 4.45. The first-order chi connectivity index (χ1) is 12.7. The molecular formula is C20H13InN2O2S. The molecule has 1 fully saturated rings. The van der Waals surface area contributed by atoms with E-state index in [2.05, 4.69) is 35.7 Å². The number of rotatable bonds is 3. The number of allylic oxidation sites excluding steroid dienone is 1. The Balaban J connectivity index is 1.49. The van der Waals surface area contributed by atoms with E-state index < -0.39 is 21.4 Å². The summed E-state index contributed by atoms with van der Waals surface area (Å²) < 4.78 is 3.19. The number of carbonyl (C=O) groups is 2. The van der Waals surface area contributed by atoms with Gasteiger partial charge in [-0.1, -0.05) is 0 Å². The molecule has 4 bridgehead atoms. The zero-order valence-corrected chi connectivity index (χ0v) is 17.8. The van der Waals surface area contributed by atoms with Gasteiger partial charge in [0.05, 0.1) is 0 Å². The fraction of sp³-hybridized carbons (Fsp3) is 0.150. The maximum atomic E-state index is 12.3. The predicted molar refractivity (Wildman–Crippen MR) is 102 cm³/mol. The summed E-state index contributed by atoms with van der Waals surface area (Å²) >= 11 is -1.25. The minimum absolute atomic E-state index is 0.125. The van der Waals surface area contributed by atoms with Crippen LogP contribution < -0.4 is 8.64 Å². The molecule has 3 heterocycles. The third-order valence-corrected chi connectivity index (χ3v) is 18.2. The number of amides is 2. The number of nitrogens with zero attached hydrogens (tertiary/aromatic N) is 1. The van der Waals surface area contributed by atoms with E-state index in [1.807, 2.05) is 24.3 Å². The molecule has 2 unspecified atom stereocenters. The Morgan fingerprint density at radius 1 is 1.15 bits per heavy atom. The molecule has 0 aromatic heterocycles. The molecular weight excluding hydrogens is 447 g/mol. The SMILES string of the molecule is N#Cc1ccc(C[C]2=Cc3c4ccc[c]3[In]2[CH]4C2SC(=O)NC2=O)cc1. The zero-order valence-electron chi connectivity index (χ0n) is 13.7. The first-order valence-electron chi connectivity index (χ1n) is 8.49. The fourth-order valence-corrected chi connectivity index (χ4v) is 18.8. The van der Waals surface area contributed by atoms with Crippen LogP contribution in [0.1, 0.15) is 25.9 Å². The van der Waals surface area contributed by atoms with E-state index in [0.717, 1.165) is 6.42 Å². The standard InChI is InChI=1S/C20H13N2O2S.In/c21-13-15-10-8-14(9-11-15)4-3-7-16-5-1-2-6-17(16)12-18-19(23)22-20(24)25-18;/h1-2,6-12,18H,4H2,(H,22,23,24);. The summed E-state index contributed by atoms with van der Waals surface area (Å²) in [7, 11) is 0. The van der Waals surface area contributed by atoms with Crippen LogP contribution in [0.3, 0.4) is 0 Å². The molecule has 3 aliphatic heterocycles. The number of hydrogen-bond acceptors (Lipinski definition) is 4. The average Bonchev–Trinajstić information content (AvgIpc) is 3.21.